The van der Waals surface area contributed by atoms with E-state index in [2.05, 4.69) is 25.1 Å². The second-order valence-electron chi connectivity index (χ2n) is 6.62. The van der Waals surface area contributed by atoms with E-state index < -0.39 is 0 Å². The summed E-state index contributed by atoms with van der Waals surface area (Å²) in [5, 5.41) is 11.7. The molecular formula is C21H22N6O2S. The zero-order chi connectivity index (χ0) is 20.9. The van der Waals surface area contributed by atoms with Gasteiger partial charge >= 0.3 is 0 Å². The Morgan fingerprint density at radius 2 is 1.97 bits per heavy atom. The van der Waals surface area contributed by atoms with Gasteiger partial charge in [-0.25, -0.2) is 4.98 Å². The molecule has 8 nitrogen and oxygen atoms in total. The number of nitrogens with one attached hydrogen (secondary N) is 1. The maximum atomic E-state index is 12.3. The van der Waals surface area contributed by atoms with Crippen molar-refractivity contribution < 1.29 is 9.53 Å². The molecule has 0 spiro atoms. The third-order valence-corrected chi connectivity index (χ3v) is 5.65. The highest BCUT2D eigenvalue weighted by molar-refractivity contribution is 7.99. The Labute approximate surface area is 178 Å². The van der Waals surface area contributed by atoms with E-state index in [9.17, 15) is 4.79 Å². The molecule has 2 aromatic carbocycles. The van der Waals surface area contributed by atoms with Crippen molar-refractivity contribution in [3.8, 4) is 11.4 Å². The zero-order valence-corrected chi connectivity index (χ0v) is 17.6. The molecule has 0 aliphatic carbocycles. The minimum Gasteiger partial charge on any atom is -0.497 e. The van der Waals surface area contributed by atoms with E-state index in [0.717, 1.165) is 28.3 Å². The average molecular weight is 423 g/mol. The highest BCUT2D eigenvalue weighted by Crippen LogP contribution is 2.21. The van der Waals surface area contributed by atoms with Crippen LogP contribution in [-0.2, 0) is 11.3 Å². The fourth-order valence-electron chi connectivity index (χ4n) is 3.21. The molecule has 154 valence electrons. The molecule has 4 rings (SSSR count). The van der Waals surface area contributed by atoms with Crippen molar-refractivity contribution in [3.63, 3.8) is 0 Å². The van der Waals surface area contributed by atoms with Crippen LogP contribution in [0.4, 0.5) is 0 Å². The second kappa shape index (κ2) is 9.00. The number of methoxy groups -OCH3 is 1. The monoisotopic (exact) mass is 422 g/mol. The highest BCUT2D eigenvalue weighted by Gasteiger charge is 2.11. The van der Waals surface area contributed by atoms with Crippen LogP contribution in [0.1, 0.15) is 5.82 Å². The summed E-state index contributed by atoms with van der Waals surface area (Å²) < 4.78 is 9.15. The molecule has 0 aliphatic heterocycles. The lowest BCUT2D eigenvalue weighted by molar-refractivity contribution is -0.118. The van der Waals surface area contributed by atoms with Crippen molar-refractivity contribution in [2.45, 2.75) is 18.6 Å². The van der Waals surface area contributed by atoms with Crippen LogP contribution in [0.25, 0.3) is 16.7 Å². The predicted octanol–water partition coefficient (Wildman–Crippen LogP) is 2.84. The van der Waals surface area contributed by atoms with Gasteiger partial charge in [-0.15, -0.1) is 10.2 Å². The van der Waals surface area contributed by atoms with E-state index in [1.807, 2.05) is 60.0 Å². The second-order valence-corrected chi connectivity index (χ2v) is 7.56. The largest absolute Gasteiger partial charge is 0.497 e. The molecule has 2 heterocycles. The van der Waals surface area contributed by atoms with Crippen LogP contribution < -0.4 is 10.1 Å². The molecule has 0 radical (unpaired) electrons. The van der Waals surface area contributed by atoms with Crippen molar-refractivity contribution in [1.82, 2.24) is 29.6 Å². The van der Waals surface area contributed by atoms with E-state index in [1.165, 1.54) is 11.8 Å². The zero-order valence-electron chi connectivity index (χ0n) is 16.8. The Morgan fingerprint density at radius 3 is 2.77 bits per heavy atom. The topological polar surface area (TPSA) is 86.9 Å². The first kappa shape index (κ1) is 20.0. The molecule has 4 aromatic rings. The summed E-state index contributed by atoms with van der Waals surface area (Å²) in [5.41, 5.74) is 2.95. The molecule has 0 aliphatic rings. The molecule has 2 aromatic heterocycles. The summed E-state index contributed by atoms with van der Waals surface area (Å²) in [6.07, 6.45) is 1.63. The molecule has 1 N–H and O–H groups in total. The Morgan fingerprint density at radius 1 is 1.17 bits per heavy atom. The number of fused-ring (bicyclic) bond motifs is 1. The van der Waals surface area contributed by atoms with E-state index in [1.54, 1.807) is 13.4 Å². The third-order valence-electron chi connectivity index (χ3n) is 4.70. The maximum absolute atomic E-state index is 12.3. The fraction of sp³-hybridized carbons (Fsp3) is 0.238. The number of thioether (sulfide) groups is 1. The van der Waals surface area contributed by atoms with Gasteiger partial charge in [-0.3, -0.25) is 9.36 Å². The van der Waals surface area contributed by atoms with Crippen LogP contribution in [0.3, 0.4) is 0 Å². The predicted molar refractivity (Wildman–Crippen MR) is 116 cm³/mol. The van der Waals surface area contributed by atoms with Crippen molar-refractivity contribution in [2.75, 3.05) is 19.4 Å². The minimum absolute atomic E-state index is 0.0497. The fourth-order valence-corrected chi connectivity index (χ4v) is 3.97. The molecule has 0 fully saturated rings. The summed E-state index contributed by atoms with van der Waals surface area (Å²) in [5.74, 6) is 1.93. The minimum atomic E-state index is -0.0497. The van der Waals surface area contributed by atoms with Crippen LogP contribution in [0.2, 0.25) is 0 Å². The van der Waals surface area contributed by atoms with Crippen molar-refractivity contribution in [1.29, 1.82) is 0 Å². The van der Waals surface area contributed by atoms with Gasteiger partial charge in [0.2, 0.25) is 5.91 Å². The third kappa shape index (κ3) is 4.30. The first-order valence-electron chi connectivity index (χ1n) is 9.51. The molecule has 0 saturated carbocycles. The Hall–Kier alpha value is -3.33. The first-order chi connectivity index (χ1) is 14.7. The Bertz CT molecular complexity index is 1150. The normalized spacial score (nSPS) is 11.0. The van der Waals surface area contributed by atoms with Gasteiger partial charge in [0.25, 0.3) is 0 Å². The summed E-state index contributed by atoms with van der Waals surface area (Å²) in [6.45, 7) is 3.18. The van der Waals surface area contributed by atoms with Gasteiger partial charge in [-0.1, -0.05) is 23.9 Å². The molecule has 0 unspecified atom stereocenters. The molecule has 30 heavy (non-hydrogen) atoms. The van der Waals surface area contributed by atoms with E-state index >= 15 is 0 Å². The maximum Gasteiger partial charge on any atom is 0.230 e. The Kier molecular flexibility index (Phi) is 5.99. The van der Waals surface area contributed by atoms with E-state index in [-0.39, 0.29) is 11.7 Å². The lowest BCUT2D eigenvalue weighted by Gasteiger charge is -2.09. The van der Waals surface area contributed by atoms with Crippen LogP contribution in [0.5, 0.6) is 5.75 Å². The van der Waals surface area contributed by atoms with Gasteiger partial charge < -0.3 is 14.6 Å². The van der Waals surface area contributed by atoms with Crippen LogP contribution >= 0.6 is 11.8 Å². The summed E-state index contributed by atoms with van der Waals surface area (Å²) in [4.78, 5) is 16.9. The van der Waals surface area contributed by atoms with Gasteiger partial charge in [-0.2, -0.15) is 0 Å². The number of amides is 1. The average Bonchev–Trinajstić information content (AvgIpc) is 3.36. The highest BCUT2D eigenvalue weighted by atomic mass is 32.2. The van der Waals surface area contributed by atoms with Gasteiger partial charge in [0.05, 0.1) is 23.9 Å². The number of aromatic nitrogens is 5. The van der Waals surface area contributed by atoms with Gasteiger partial charge in [0, 0.05) is 18.8 Å². The van der Waals surface area contributed by atoms with Crippen molar-refractivity contribution in [2.24, 2.45) is 0 Å². The number of imidazole rings is 1. The number of ether oxygens (including phenoxy) is 1. The van der Waals surface area contributed by atoms with Crippen LogP contribution in [-0.4, -0.2) is 49.6 Å². The number of hydrogen-bond acceptors (Lipinski definition) is 6. The van der Waals surface area contributed by atoms with Crippen molar-refractivity contribution in [3.05, 3.63) is 60.7 Å². The number of hydrogen-bond donors (Lipinski definition) is 1. The number of carbonyl (C=O) groups is 1. The number of nitrogens with zero attached hydrogens (tertiary/aromatic N) is 5. The van der Waals surface area contributed by atoms with E-state index in [0.29, 0.717) is 18.2 Å². The summed E-state index contributed by atoms with van der Waals surface area (Å²) >= 11 is 1.35. The number of rotatable bonds is 8. The number of carbonyl (C=O) groups excluding carboxylic acids is 1. The first-order valence-corrected chi connectivity index (χ1v) is 10.5. The SMILES string of the molecule is COc1ccc(-n2cnnc2SCC(=O)NCCn2c(C)nc3ccccc32)cc1. The van der Waals surface area contributed by atoms with Crippen LogP contribution in [0, 0.1) is 6.92 Å². The summed E-state index contributed by atoms with van der Waals surface area (Å²) in [6, 6.07) is 15.6. The smallest absolute Gasteiger partial charge is 0.230 e. The molecule has 1 amide bonds. The van der Waals surface area contributed by atoms with Crippen LogP contribution in [0.15, 0.2) is 60.0 Å². The van der Waals surface area contributed by atoms with E-state index in [4.69, 9.17) is 4.74 Å². The molecular weight excluding hydrogens is 400 g/mol. The summed E-state index contributed by atoms with van der Waals surface area (Å²) in [7, 11) is 1.63. The molecule has 0 atom stereocenters. The quantitative estimate of drug-likeness (QED) is 0.440. The number of para-hydroxylation sites is 2. The molecule has 0 saturated heterocycles. The van der Waals surface area contributed by atoms with Gasteiger partial charge in [0.15, 0.2) is 5.16 Å². The standard InChI is InChI=1S/C21H22N6O2S/c1-15-24-18-5-3-4-6-19(18)26(15)12-11-22-20(28)13-30-21-25-23-14-27(21)16-7-9-17(29-2)10-8-16/h3-10,14H,11-13H2,1-2H3,(H,22,28). The van der Waals surface area contributed by atoms with Crippen molar-refractivity contribution >= 4 is 28.7 Å². The number of benzene rings is 2. The number of aryl methyl sites for hydroxylation is 1. The van der Waals surface area contributed by atoms with Gasteiger partial charge in [0.1, 0.15) is 17.9 Å². The molecule has 9 heteroatoms. The molecule has 0 bridgehead atoms. The Balaban J connectivity index is 1.31. The lowest BCUT2D eigenvalue weighted by atomic mass is 10.3. The lowest BCUT2D eigenvalue weighted by Crippen LogP contribution is -2.29. The van der Waals surface area contributed by atoms with Gasteiger partial charge in [-0.05, 0) is 43.3 Å².